The second-order valence-electron chi connectivity index (χ2n) is 20.4. The van der Waals surface area contributed by atoms with Crippen molar-refractivity contribution < 1.29 is 42.8 Å². The van der Waals surface area contributed by atoms with Crippen LogP contribution in [0.4, 0.5) is 0 Å². The number of fused-ring (bicyclic) bond motifs is 6. The third kappa shape index (κ3) is 10.8. The number of aryl methyl sites for hydroxylation is 1. The number of carbonyl (C=O) groups is 5. The number of aromatic hydroxyl groups is 1. The summed E-state index contributed by atoms with van der Waals surface area (Å²) in [6.07, 6.45) is 6.50. The highest BCUT2D eigenvalue weighted by Gasteiger charge is 2.43. The molecule has 1 saturated carbocycles. The number of Topliss-reactive ketones (excluding diaryl/α,β-unsaturated/α-hetero) is 1. The smallest absolute Gasteiger partial charge is 0.324 e. The lowest BCUT2D eigenvalue weighted by atomic mass is 9.72. The van der Waals surface area contributed by atoms with E-state index in [-0.39, 0.29) is 49.0 Å². The molecular formula is C52H68N6O9S. The van der Waals surface area contributed by atoms with E-state index in [2.05, 4.69) is 54.3 Å². The third-order valence-corrected chi connectivity index (χ3v) is 14.4. The van der Waals surface area contributed by atoms with Gasteiger partial charge >= 0.3 is 5.97 Å². The normalized spacial score (nSPS) is 21.8. The van der Waals surface area contributed by atoms with E-state index in [9.17, 15) is 33.3 Å². The first-order chi connectivity index (χ1) is 32.1. The lowest BCUT2D eigenvalue weighted by molar-refractivity contribution is -0.155. The molecule has 3 amide bonds. The highest BCUT2D eigenvalue weighted by atomic mass is 32.2. The number of aromatic nitrogens is 2. The van der Waals surface area contributed by atoms with Crippen molar-refractivity contribution >= 4 is 55.3 Å². The van der Waals surface area contributed by atoms with Crippen molar-refractivity contribution in [1.29, 1.82) is 0 Å². The fourth-order valence-corrected chi connectivity index (χ4v) is 10.9. The van der Waals surface area contributed by atoms with Gasteiger partial charge in [0.1, 0.15) is 23.9 Å². The monoisotopic (exact) mass is 952 g/mol. The maximum atomic E-state index is 14.7. The van der Waals surface area contributed by atoms with Crippen LogP contribution < -0.4 is 10.7 Å². The number of methoxy groups -OCH3 is 1. The number of nitrogens with one attached hydrogen (secondary N) is 2. The molecule has 2 aromatic heterocycles. The zero-order valence-corrected chi connectivity index (χ0v) is 41.9. The maximum Gasteiger partial charge on any atom is 0.324 e. The summed E-state index contributed by atoms with van der Waals surface area (Å²) in [5.41, 5.74) is 9.45. The summed E-state index contributed by atoms with van der Waals surface area (Å²) in [5, 5.41) is 17.9. The zero-order chi connectivity index (χ0) is 49.4. The summed E-state index contributed by atoms with van der Waals surface area (Å²) in [6.45, 7) is 12.9. The van der Waals surface area contributed by atoms with Crippen LogP contribution >= 0.6 is 0 Å². The van der Waals surface area contributed by atoms with Crippen molar-refractivity contribution in [1.82, 2.24) is 30.2 Å². The number of hydrogen-bond acceptors (Lipinski definition) is 11. The number of likely N-dealkylation sites (N-methyl/N-ethyl adjacent to an activating group) is 1. The molecule has 16 heteroatoms. The number of rotatable bonds is 11. The summed E-state index contributed by atoms with van der Waals surface area (Å²) in [5.74, 6) is -3.34. The van der Waals surface area contributed by atoms with Gasteiger partial charge in [0.2, 0.25) is 11.8 Å². The van der Waals surface area contributed by atoms with Gasteiger partial charge < -0.3 is 29.4 Å². The van der Waals surface area contributed by atoms with Crippen molar-refractivity contribution in [3.63, 3.8) is 0 Å². The van der Waals surface area contributed by atoms with Crippen LogP contribution in [-0.4, -0.2) is 122 Å². The molecule has 15 nitrogen and oxygen atoms in total. The van der Waals surface area contributed by atoms with Crippen LogP contribution in [0.5, 0.6) is 5.75 Å². The molecular weight excluding hydrogens is 885 g/mol. The predicted octanol–water partition coefficient (Wildman–Crippen LogP) is 5.88. The second kappa shape index (κ2) is 20.2. The van der Waals surface area contributed by atoms with Gasteiger partial charge in [-0.3, -0.25) is 38.2 Å². The molecule has 1 aliphatic carbocycles. The maximum absolute atomic E-state index is 14.7. The number of ketones is 1. The predicted molar refractivity (Wildman–Crippen MR) is 264 cm³/mol. The van der Waals surface area contributed by atoms with Crippen LogP contribution in [0.3, 0.4) is 0 Å². The van der Waals surface area contributed by atoms with Crippen LogP contribution in [0.15, 0.2) is 54.7 Å². The van der Waals surface area contributed by atoms with Crippen molar-refractivity contribution in [3.8, 4) is 28.1 Å². The number of cyclic esters (lactones) is 1. The molecule has 2 aliphatic heterocycles. The van der Waals surface area contributed by atoms with Gasteiger partial charge in [0.15, 0.2) is 5.78 Å². The molecule has 6 bridgehead atoms. The minimum Gasteiger partial charge on any atom is -0.508 e. The summed E-state index contributed by atoms with van der Waals surface area (Å²) in [4.78, 5) is 75.9. The second-order valence-corrected chi connectivity index (χ2v) is 23.2. The number of nitrogens with zero attached hydrogens (tertiary/aromatic N) is 4. The van der Waals surface area contributed by atoms with Gasteiger partial charge in [0, 0.05) is 91.5 Å². The van der Waals surface area contributed by atoms with Crippen LogP contribution in [0.25, 0.3) is 33.3 Å². The standard InChI is InChI=1S/C52H68N6O9S/c1-11-57-43-17-16-33-26-39(43)40(47(57)38-14-12-18-53-45(38)31(4)66-8)27-52(5,6)29-67-51(64)41-15-13-19-58(55-41)50(63)42(22-32-20-34(33)25-37(59)21-32)54-48(61)46(30(2)3)56(7)49(62)36-23-35(24-36)44(60)28-68(9,10)65/h12,14,16-18,20-21,25-26,28,30-31,35-36,41-42,46,55,59H,11,13,15,19,22-24,27,29H2,1-10H3,(H,54,61)/t31-,35?,36?,41-,42-,46-/m0/s1. The Kier molecular flexibility index (Phi) is 14.9. The molecule has 366 valence electrons. The van der Waals surface area contributed by atoms with E-state index in [1.54, 1.807) is 32.5 Å². The Morgan fingerprint density at radius 2 is 1.81 bits per heavy atom. The summed E-state index contributed by atoms with van der Waals surface area (Å²) >= 11 is 0. The molecule has 2 aromatic carbocycles. The topological polar surface area (TPSA) is 189 Å². The van der Waals surface area contributed by atoms with E-state index in [1.807, 2.05) is 39.0 Å². The minimum absolute atomic E-state index is 0.0225. The highest BCUT2D eigenvalue weighted by Crippen LogP contribution is 2.42. The number of pyridine rings is 1. The van der Waals surface area contributed by atoms with Crippen molar-refractivity contribution in [3.05, 3.63) is 71.5 Å². The van der Waals surface area contributed by atoms with Crippen molar-refractivity contribution in [2.75, 3.05) is 39.8 Å². The summed E-state index contributed by atoms with van der Waals surface area (Å²) < 4.78 is 26.4. The number of phenols is 1. The Labute approximate surface area is 400 Å². The lowest BCUT2D eigenvalue weighted by Gasteiger charge is -2.39. The van der Waals surface area contributed by atoms with E-state index >= 15 is 0 Å². The highest BCUT2D eigenvalue weighted by molar-refractivity contribution is 8.01. The first-order valence-corrected chi connectivity index (χ1v) is 26.1. The van der Waals surface area contributed by atoms with Crippen molar-refractivity contribution in [2.45, 2.75) is 111 Å². The Morgan fingerprint density at radius 1 is 1.07 bits per heavy atom. The minimum atomic E-state index is -2.39. The Balaban J connectivity index is 1.28. The van der Waals surface area contributed by atoms with Gasteiger partial charge in [-0.05, 0) is 120 Å². The molecule has 0 unspecified atom stereocenters. The van der Waals surface area contributed by atoms with Gasteiger partial charge in [-0.15, -0.1) is 0 Å². The molecule has 1 saturated heterocycles. The first kappa shape index (κ1) is 50.3. The zero-order valence-electron chi connectivity index (χ0n) is 41.1. The first-order valence-electron chi connectivity index (χ1n) is 23.7. The molecule has 7 rings (SSSR count). The van der Waals surface area contributed by atoms with E-state index < -0.39 is 62.7 Å². The van der Waals surface area contributed by atoms with Gasteiger partial charge in [-0.2, -0.15) is 0 Å². The number of hydrazine groups is 1. The van der Waals surface area contributed by atoms with Gasteiger partial charge in [-0.25, -0.2) is 5.43 Å². The van der Waals surface area contributed by atoms with Crippen LogP contribution in [0, 0.1) is 23.2 Å². The molecule has 68 heavy (non-hydrogen) atoms. The lowest BCUT2D eigenvalue weighted by Crippen LogP contribution is -2.62. The fourth-order valence-electron chi connectivity index (χ4n) is 10.1. The molecule has 4 heterocycles. The van der Waals surface area contributed by atoms with Crippen molar-refractivity contribution in [2.24, 2.45) is 23.2 Å². The average molecular weight is 953 g/mol. The number of hydrogen-bond donors (Lipinski definition) is 3. The molecule has 3 aliphatic rings. The quantitative estimate of drug-likeness (QED) is 0.120. The van der Waals surface area contributed by atoms with E-state index in [4.69, 9.17) is 14.5 Å². The average Bonchev–Trinajstić information content (AvgIpc) is 3.56. The molecule has 0 radical (unpaired) electrons. The number of benzene rings is 2. The van der Waals surface area contributed by atoms with Gasteiger partial charge in [0.25, 0.3) is 5.91 Å². The molecule has 4 aromatic rings. The molecule has 3 N–H and O–H groups in total. The number of carbonyl (C=O) groups excluding carboxylic acids is 5. The van der Waals surface area contributed by atoms with Gasteiger partial charge in [-0.1, -0.05) is 39.8 Å². The number of esters is 1. The van der Waals surface area contributed by atoms with E-state index in [0.717, 1.165) is 39.0 Å². The largest absolute Gasteiger partial charge is 0.508 e. The van der Waals surface area contributed by atoms with Crippen LogP contribution in [0.2, 0.25) is 0 Å². The van der Waals surface area contributed by atoms with Crippen LogP contribution in [0.1, 0.15) is 90.2 Å². The number of phenolic OH excluding ortho intramolecular Hbond substituents is 1. The molecule has 4 atom stereocenters. The summed E-state index contributed by atoms with van der Waals surface area (Å²) in [6, 6.07) is 12.4. The number of amides is 3. The Bertz CT molecular complexity index is 2720. The van der Waals surface area contributed by atoms with Crippen LogP contribution in [-0.2, 0) is 62.4 Å². The Morgan fingerprint density at radius 3 is 2.49 bits per heavy atom. The summed E-state index contributed by atoms with van der Waals surface area (Å²) in [7, 11) is 0.837. The SMILES string of the molecule is CCn1c(-c2cccnc2[C@H](C)OC)c2c3cc(ccc31)-c1cc(O)cc(c1)C[C@H](NC(=O)[C@H](C(C)C)N(C)C(=O)C1CC(C(=O)C=S(C)(C)=O)C1)C(=O)N1CCC[C@H](N1)C(=O)OCC(C)(C)C2. The van der Waals surface area contributed by atoms with E-state index in [0.29, 0.717) is 49.8 Å². The van der Waals surface area contributed by atoms with Gasteiger partial charge in [0.05, 0.1) is 24.1 Å². The fraction of sp³-hybridized carbons (Fsp3) is 0.519. The Hall–Kier alpha value is -5.58. The number of ether oxygens (including phenoxy) is 2. The molecule has 0 spiro atoms. The van der Waals surface area contributed by atoms with E-state index in [1.165, 1.54) is 27.8 Å². The molecule has 2 fully saturated rings. The third-order valence-electron chi connectivity index (χ3n) is 13.6.